The number of nitrogens with one attached hydrogen (secondary N) is 1. The Labute approximate surface area is 154 Å². The number of carbonyl (C=O) groups is 1. The van der Waals surface area contributed by atoms with Gasteiger partial charge in [-0.05, 0) is 24.1 Å². The molecule has 7 heteroatoms. The molecule has 1 fully saturated rings. The Kier molecular flexibility index (Phi) is 8.01. The van der Waals surface area contributed by atoms with E-state index >= 15 is 0 Å². The number of aliphatic imine (C=N–C) groups is 1. The highest BCUT2D eigenvalue weighted by Gasteiger charge is 2.22. The minimum atomic E-state index is 0.143. The van der Waals surface area contributed by atoms with E-state index in [0.717, 1.165) is 44.2 Å². The molecule has 1 aliphatic heterocycles. The topological polar surface area (TPSA) is 57.2 Å². The second-order valence-electron chi connectivity index (χ2n) is 5.99. The SMILES string of the molecule is CN=C(NCCCOC)N1CCN(C(=O)Cc2cccc(Cl)c2)CC1. The van der Waals surface area contributed by atoms with Crippen LogP contribution in [0.25, 0.3) is 0 Å². The molecule has 1 aromatic rings. The smallest absolute Gasteiger partial charge is 0.227 e. The van der Waals surface area contributed by atoms with Crippen molar-refractivity contribution in [2.75, 3.05) is 53.5 Å². The Morgan fingerprint density at radius 1 is 1.28 bits per heavy atom. The monoisotopic (exact) mass is 366 g/mol. The standard InChI is InChI=1S/C18H27ClN4O2/c1-20-18(21-7-4-12-25-2)23-10-8-22(9-11-23)17(24)14-15-5-3-6-16(19)13-15/h3,5-6,13H,4,7-12,14H2,1-2H3,(H,20,21). The van der Waals surface area contributed by atoms with Crippen LogP contribution in [0.1, 0.15) is 12.0 Å². The molecule has 0 bridgehead atoms. The molecule has 1 heterocycles. The van der Waals surface area contributed by atoms with Gasteiger partial charge in [0.2, 0.25) is 5.91 Å². The summed E-state index contributed by atoms with van der Waals surface area (Å²) >= 11 is 5.99. The van der Waals surface area contributed by atoms with E-state index in [4.69, 9.17) is 16.3 Å². The lowest BCUT2D eigenvalue weighted by Crippen LogP contribution is -2.54. The van der Waals surface area contributed by atoms with Crippen LogP contribution in [-0.2, 0) is 16.0 Å². The minimum absolute atomic E-state index is 0.143. The molecule has 0 aromatic heterocycles. The summed E-state index contributed by atoms with van der Waals surface area (Å²) < 4.78 is 5.05. The average Bonchev–Trinajstić information content (AvgIpc) is 2.62. The molecule has 1 saturated heterocycles. The van der Waals surface area contributed by atoms with Crippen molar-refractivity contribution in [3.8, 4) is 0 Å². The van der Waals surface area contributed by atoms with E-state index in [-0.39, 0.29) is 5.91 Å². The lowest BCUT2D eigenvalue weighted by atomic mass is 10.1. The molecule has 0 saturated carbocycles. The van der Waals surface area contributed by atoms with Gasteiger partial charge < -0.3 is 19.9 Å². The fourth-order valence-electron chi connectivity index (χ4n) is 2.85. The fourth-order valence-corrected chi connectivity index (χ4v) is 3.06. The first-order valence-electron chi connectivity index (χ1n) is 8.61. The number of amides is 1. The van der Waals surface area contributed by atoms with Crippen LogP contribution in [0.4, 0.5) is 0 Å². The number of halogens is 1. The number of carbonyl (C=O) groups excluding carboxylic acids is 1. The molecular weight excluding hydrogens is 340 g/mol. The molecule has 0 unspecified atom stereocenters. The summed E-state index contributed by atoms with van der Waals surface area (Å²) in [5, 5.41) is 4.01. The van der Waals surface area contributed by atoms with Gasteiger partial charge in [-0.3, -0.25) is 9.79 Å². The molecule has 0 atom stereocenters. The first-order valence-corrected chi connectivity index (χ1v) is 8.98. The number of ether oxygens (including phenoxy) is 1. The lowest BCUT2D eigenvalue weighted by molar-refractivity contribution is -0.131. The second kappa shape index (κ2) is 10.3. The third-order valence-electron chi connectivity index (χ3n) is 4.20. The van der Waals surface area contributed by atoms with Crippen molar-refractivity contribution in [1.82, 2.24) is 15.1 Å². The van der Waals surface area contributed by atoms with Crippen molar-refractivity contribution < 1.29 is 9.53 Å². The van der Waals surface area contributed by atoms with E-state index in [0.29, 0.717) is 24.5 Å². The predicted molar refractivity (Wildman–Crippen MR) is 101 cm³/mol. The van der Waals surface area contributed by atoms with Crippen molar-refractivity contribution >= 4 is 23.5 Å². The van der Waals surface area contributed by atoms with Gasteiger partial charge in [-0.2, -0.15) is 0 Å². The van der Waals surface area contributed by atoms with Crippen molar-refractivity contribution in [3.05, 3.63) is 34.9 Å². The quantitative estimate of drug-likeness (QED) is 0.472. The summed E-state index contributed by atoms with van der Waals surface area (Å²) in [4.78, 5) is 20.9. The second-order valence-corrected chi connectivity index (χ2v) is 6.43. The van der Waals surface area contributed by atoms with Gasteiger partial charge >= 0.3 is 0 Å². The normalized spacial score (nSPS) is 15.4. The molecule has 25 heavy (non-hydrogen) atoms. The molecule has 2 rings (SSSR count). The first kappa shape index (κ1) is 19.5. The summed E-state index contributed by atoms with van der Waals surface area (Å²) in [5.74, 6) is 1.03. The van der Waals surface area contributed by atoms with Crippen molar-refractivity contribution in [2.45, 2.75) is 12.8 Å². The van der Waals surface area contributed by atoms with Gasteiger partial charge in [-0.25, -0.2) is 0 Å². The largest absolute Gasteiger partial charge is 0.385 e. The van der Waals surface area contributed by atoms with Crippen LogP contribution in [0, 0.1) is 0 Å². The number of nitrogens with zero attached hydrogens (tertiary/aromatic N) is 3. The Bertz CT molecular complexity index is 586. The Balaban J connectivity index is 1.79. The maximum atomic E-state index is 12.5. The van der Waals surface area contributed by atoms with Gasteiger partial charge in [0, 0.05) is 58.5 Å². The Hall–Kier alpha value is -1.79. The fraction of sp³-hybridized carbons (Fsp3) is 0.556. The zero-order chi connectivity index (χ0) is 18.1. The van der Waals surface area contributed by atoms with E-state index in [9.17, 15) is 4.79 Å². The van der Waals surface area contributed by atoms with E-state index in [1.807, 2.05) is 29.2 Å². The molecule has 6 nitrogen and oxygen atoms in total. The summed E-state index contributed by atoms with van der Waals surface area (Å²) in [5.41, 5.74) is 0.954. The Morgan fingerprint density at radius 3 is 2.64 bits per heavy atom. The van der Waals surface area contributed by atoms with Crippen LogP contribution in [-0.4, -0.2) is 75.2 Å². The predicted octanol–water partition coefficient (Wildman–Crippen LogP) is 1.64. The summed E-state index contributed by atoms with van der Waals surface area (Å²) in [7, 11) is 3.49. The van der Waals surface area contributed by atoms with E-state index in [2.05, 4.69) is 15.2 Å². The average molecular weight is 367 g/mol. The zero-order valence-electron chi connectivity index (χ0n) is 15.0. The summed E-state index contributed by atoms with van der Waals surface area (Å²) in [6, 6.07) is 7.48. The third-order valence-corrected chi connectivity index (χ3v) is 4.43. The maximum Gasteiger partial charge on any atom is 0.227 e. The number of hydrogen-bond donors (Lipinski definition) is 1. The van der Waals surface area contributed by atoms with Crippen LogP contribution in [0.3, 0.4) is 0 Å². The zero-order valence-corrected chi connectivity index (χ0v) is 15.8. The molecule has 1 aliphatic rings. The number of hydrogen-bond acceptors (Lipinski definition) is 3. The number of benzene rings is 1. The molecule has 0 spiro atoms. The highest BCUT2D eigenvalue weighted by molar-refractivity contribution is 6.30. The van der Waals surface area contributed by atoms with Crippen LogP contribution in [0.15, 0.2) is 29.3 Å². The van der Waals surface area contributed by atoms with E-state index in [1.165, 1.54) is 0 Å². The molecule has 1 aromatic carbocycles. The first-order chi connectivity index (χ1) is 12.1. The van der Waals surface area contributed by atoms with Gasteiger partial charge in [0.25, 0.3) is 0 Å². The lowest BCUT2D eigenvalue weighted by Gasteiger charge is -2.36. The van der Waals surface area contributed by atoms with Gasteiger partial charge in [-0.15, -0.1) is 0 Å². The van der Waals surface area contributed by atoms with Gasteiger partial charge in [0.1, 0.15) is 0 Å². The molecule has 1 amide bonds. The summed E-state index contributed by atoms with van der Waals surface area (Å²) in [6.07, 6.45) is 1.33. The van der Waals surface area contributed by atoms with Gasteiger partial charge in [0.05, 0.1) is 6.42 Å². The van der Waals surface area contributed by atoms with Crippen LogP contribution >= 0.6 is 11.6 Å². The maximum absolute atomic E-state index is 12.5. The number of methoxy groups -OCH3 is 1. The minimum Gasteiger partial charge on any atom is -0.385 e. The third kappa shape index (κ3) is 6.21. The van der Waals surface area contributed by atoms with Crippen molar-refractivity contribution in [3.63, 3.8) is 0 Å². The van der Waals surface area contributed by atoms with Crippen molar-refractivity contribution in [2.24, 2.45) is 4.99 Å². The molecule has 1 N–H and O–H groups in total. The molecule has 138 valence electrons. The van der Waals surface area contributed by atoms with Crippen molar-refractivity contribution in [1.29, 1.82) is 0 Å². The van der Waals surface area contributed by atoms with Gasteiger partial charge in [-0.1, -0.05) is 23.7 Å². The van der Waals surface area contributed by atoms with E-state index < -0.39 is 0 Å². The highest BCUT2D eigenvalue weighted by atomic mass is 35.5. The summed E-state index contributed by atoms with van der Waals surface area (Å²) in [6.45, 7) is 4.54. The number of guanidine groups is 1. The van der Waals surface area contributed by atoms with E-state index in [1.54, 1.807) is 14.2 Å². The van der Waals surface area contributed by atoms with Crippen LogP contribution in [0.2, 0.25) is 5.02 Å². The number of rotatable bonds is 6. The highest BCUT2D eigenvalue weighted by Crippen LogP contribution is 2.13. The van der Waals surface area contributed by atoms with Gasteiger partial charge in [0.15, 0.2) is 5.96 Å². The Morgan fingerprint density at radius 2 is 2.00 bits per heavy atom. The molecule has 0 radical (unpaired) electrons. The van der Waals surface area contributed by atoms with Crippen LogP contribution in [0.5, 0.6) is 0 Å². The van der Waals surface area contributed by atoms with Crippen LogP contribution < -0.4 is 5.32 Å². The number of piperazine rings is 1. The molecular formula is C18H27ClN4O2. The molecule has 0 aliphatic carbocycles.